The fourth-order valence-electron chi connectivity index (χ4n) is 2.31. The Morgan fingerprint density at radius 3 is 1.95 bits per heavy atom. The fraction of sp³-hybridized carbons (Fsp3) is 0.737. The van der Waals surface area contributed by atoms with Gasteiger partial charge in [0.25, 0.3) is 0 Å². The van der Waals surface area contributed by atoms with Crippen LogP contribution in [0.1, 0.15) is 84.0 Å². The molecule has 0 aliphatic carbocycles. The van der Waals surface area contributed by atoms with Gasteiger partial charge in [-0.15, -0.1) is 0 Å². The SMILES string of the molecule is CCCCC/C=C\C/C=C\CCCCCCCCNC(=O)O. The van der Waals surface area contributed by atoms with Gasteiger partial charge < -0.3 is 10.4 Å². The average molecular weight is 309 g/mol. The highest BCUT2D eigenvalue weighted by Crippen LogP contribution is 2.07. The van der Waals surface area contributed by atoms with E-state index >= 15 is 0 Å². The van der Waals surface area contributed by atoms with Crippen LogP contribution in [0.5, 0.6) is 0 Å². The second-order valence-electron chi connectivity index (χ2n) is 5.82. The molecule has 22 heavy (non-hydrogen) atoms. The van der Waals surface area contributed by atoms with Gasteiger partial charge in [-0.3, -0.25) is 0 Å². The van der Waals surface area contributed by atoms with Gasteiger partial charge in [0.1, 0.15) is 0 Å². The van der Waals surface area contributed by atoms with Gasteiger partial charge in [0, 0.05) is 6.54 Å². The van der Waals surface area contributed by atoms with Crippen molar-refractivity contribution in [3.8, 4) is 0 Å². The predicted molar refractivity (Wildman–Crippen MR) is 95.4 cm³/mol. The number of hydrogen-bond donors (Lipinski definition) is 2. The third-order valence-corrected chi connectivity index (χ3v) is 3.65. The van der Waals surface area contributed by atoms with Crippen LogP contribution < -0.4 is 5.32 Å². The van der Waals surface area contributed by atoms with Crippen molar-refractivity contribution >= 4 is 6.09 Å². The molecule has 0 radical (unpaired) electrons. The van der Waals surface area contributed by atoms with Crippen LogP contribution >= 0.6 is 0 Å². The molecule has 3 heteroatoms. The lowest BCUT2D eigenvalue weighted by Crippen LogP contribution is -2.21. The molecule has 0 unspecified atom stereocenters. The van der Waals surface area contributed by atoms with Gasteiger partial charge in [-0.2, -0.15) is 0 Å². The van der Waals surface area contributed by atoms with Gasteiger partial charge in [-0.25, -0.2) is 4.79 Å². The third kappa shape index (κ3) is 18.8. The molecular weight excluding hydrogens is 274 g/mol. The first-order chi connectivity index (χ1) is 10.8. The molecule has 1 amide bonds. The molecule has 0 fully saturated rings. The molecule has 0 atom stereocenters. The largest absolute Gasteiger partial charge is 0.465 e. The van der Waals surface area contributed by atoms with Gasteiger partial charge in [-0.1, -0.05) is 69.8 Å². The Hall–Kier alpha value is -1.25. The van der Waals surface area contributed by atoms with Gasteiger partial charge in [-0.05, 0) is 38.5 Å². The van der Waals surface area contributed by atoms with Crippen molar-refractivity contribution in [2.24, 2.45) is 0 Å². The zero-order chi connectivity index (χ0) is 16.3. The topological polar surface area (TPSA) is 49.3 Å². The zero-order valence-corrected chi connectivity index (χ0v) is 14.4. The number of hydrogen-bond acceptors (Lipinski definition) is 1. The van der Waals surface area contributed by atoms with Crippen molar-refractivity contribution in [2.45, 2.75) is 84.0 Å². The van der Waals surface area contributed by atoms with Gasteiger partial charge >= 0.3 is 6.09 Å². The van der Waals surface area contributed by atoms with E-state index in [1.807, 2.05) is 0 Å². The van der Waals surface area contributed by atoms with E-state index in [-0.39, 0.29) is 0 Å². The molecule has 0 aliphatic rings. The van der Waals surface area contributed by atoms with Crippen LogP contribution in [0.3, 0.4) is 0 Å². The molecule has 0 rings (SSSR count). The van der Waals surface area contributed by atoms with Crippen molar-refractivity contribution in [1.29, 1.82) is 0 Å². The number of carbonyl (C=O) groups is 1. The molecule has 2 N–H and O–H groups in total. The van der Waals surface area contributed by atoms with Crippen molar-refractivity contribution < 1.29 is 9.90 Å². The normalized spacial score (nSPS) is 11.5. The van der Waals surface area contributed by atoms with E-state index in [9.17, 15) is 4.79 Å². The molecule has 0 aromatic heterocycles. The number of amides is 1. The smallest absolute Gasteiger partial charge is 0.404 e. The summed E-state index contributed by atoms with van der Waals surface area (Å²) >= 11 is 0. The average Bonchev–Trinajstić information content (AvgIpc) is 2.50. The Kier molecular flexibility index (Phi) is 16.8. The summed E-state index contributed by atoms with van der Waals surface area (Å²) in [6.07, 6.45) is 22.8. The zero-order valence-electron chi connectivity index (χ0n) is 14.4. The summed E-state index contributed by atoms with van der Waals surface area (Å²) in [6, 6.07) is 0. The molecule has 0 aromatic carbocycles. The first kappa shape index (κ1) is 20.8. The number of unbranched alkanes of at least 4 members (excludes halogenated alkanes) is 9. The van der Waals surface area contributed by atoms with Crippen LogP contribution in [0, 0.1) is 0 Å². The first-order valence-electron chi connectivity index (χ1n) is 9.04. The summed E-state index contributed by atoms with van der Waals surface area (Å²) in [4.78, 5) is 10.2. The summed E-state index contributed by atoms with van der Waals surface area (Å²) in [6.45, 7) is 2.83. The molecule has 0 saturated heterocycles. The molecule has 0 aliphatic heterocycles. The molecule has 3 nitrogen and oxygen atoms in total. The lowest BCUT2D eigenvalue weighted by molar-refractivity contribution is 0.194. The van der Waals surface area contributed by atoms with E-state index in [4.69, 9.17) is 5.11 Å². The second-order valence-corrected chi connectivity index (χ2v) is 5.82. The summed E-state index contributed by atoms with van der Waals surface area (Å²) in [7, 11) is 0. The summed E-state index contributed by atoms with van der Waals surface area (Å²) in [5.74, 6) is 0. The van der Waals surface area contributed by atoms with E-state index < -0.39 is 6.09 Å². The lowest BCUT2D eigenvalue weighted by Gasteiger charge is -2.01. The quantitative estimate of drug-likeness (QED) is 0.285. The summed E-state index contributed by atoms with van der Waals surface area (Å²) in [5.41, 5.74) is 0. The van der Waals surface area contributed by atoms with Gasteiger partial charge in [0.05, 0.1) is 0 Å². The highest BCUT2D eigenvalue weighted by Gasteiger charge is 1.93. The van der Waals surface area contributed by atoms with Crippen molar-refractivity contribution in [2.75, 3.05) is 6.54 Å². The molecule has 0 bridgehead atoms. The number of allylic oxidation sites excluding steroid dienone is 4. The first-order valence-corrected chi connectivity index (χ1v) is 9.04. The minimum atomic E-state index is -0.914. The Balaban J connectivity index is 3.15. The molecule has 0 aromatic rings. The number of carboxylic acid groups (broad SMARTS) is 1. The van der Waals surface area contributed by atoms with E-state index in [1.54, 1.807) is 0 Å². The molecule has 128 valence electrons. The van der Waals surface area contributed by atoms with Crippen LogP contribution in [-0.4, -0.2) is 17.7 Å². The Bertz CT molecular complexity index is 298. The molecule has 0 heterocycles. The van der Waals surface area contributed by atoms with Crippen molar-refractivity contribution in [1.82, 2.24) is 5.32 Å². The van der Waals surface area contributed by atoms with Crippen molar-refractivity contribution in [3.05, 3.63) is 24.3 Å². The van der Waals surface area contributed by atoms with E-state index in [2.05, 4.69) is 36.5 Å². The summed E-state index contributed by atoms with van der Waals surface area (Å²) < 4.78 is 0. The van der Waals surface area contributed by atoms with E-state index in [0.717, 1.165) is 19.3 Å². The van der Waals surface area contributed by atoms with Gasteiger partial charge in [0.15, 0.2) is 0 Å². The number of nitrogens with one attached hydrogen (secondary N) is 1. The van der Waals surface area contributed by atoms with Crippen LogP contribution in [0.4, 0.5) is 4.79 Å². The van der Waals surface area contributed by atoms with Crippen LogP contribution in [0.2, 0.25) is 0 Å². The van der Waals surface area contributed by atoms with Crippen molar-refractivity contribution in [3.63, 3.8) is 0 Å². The fourth-order valence-corrected chi connectivity index (χ4v) is 2.31. The third-order valence-electron chi connectivity index (χ3n) is 3.65. The Labute approximate surface area is 136 Å². The van der Waals surface area contributed by atoms with E-state index in [0.29, 0.717) is 6.54 Å². The molecular formula is C19H35NO2. The predicted octanol–water partition coefficient (Wildman–Crippen LogP) is 6.07. The van der Waals surface area contributed by atoms with Crippen LogP contribution in [0.25, 0.3) is 0 Å². The lowest BCUT2D eigenvalue weighted by atomic mass is 10.1. The highest BCUT2D eigenvalue weighted by molar-refractivity contribution is 5.64. The standard InChI is InChI=1S/C19H35NO2/c1-2-3-4-5-6-7-8-9-10-11-12-13-14-15-16-17-18-20-19(21)22/h6-7,9-10,20H,2-5,8,11-18H2,1H3,(H,21,22)/b7-6-,10-9-. The van der Waals surface area contributed by atoms with Gasteiger partial charge in [0.2, 0.25) is 0 Å². The summed E-state index contributed by atoms with van der Waals surface area (Å²) in [5, 5.41) is 10.8. The van der Waals surface area contributed by atoms with Crippen LogP contribution in [0.15, 0.2) is 24.3 Å². The van der Waals surface area contributed by atoms with Crippen LogP contribution in [-0.2, 0) is 0 Å². The number of rotatable bonds is 15. The maximum absolute atomic E-state index is 10.2. The maximum Gasteiger partial charge on any atom is 0.404 e. The second kappa shape index (κ2) is 17.8. The monoisotopic (exact) mass is 309 g/mol. The minimum absolute atomic E-state index is 0.587. The molecule has 0 saturated carbocycles. The Morgan fingerprint density at radius 2 is 1.36 bits per heavy atom. The highest BCUT2D eigenvalue weighted by atomic mass is 16.4. The Morgan fingerprint density at radius 1 is 0.818 bits per heavy atom. The molecule has 0 spiro atoms. The minimum Gasteiger partial charge on any atom is -0.465 e. The maximum atomic E-state index is 10.2. The van der Waals surface area contributed by atoms with E-state index in [1.165, 1.54) is 57.8 Å².